The second-order valence-corrected chi connectivity index (χ2v) is 9.57. The Bertz CT molecular complexity index is 984. The number of ether oxygens (including phenoxy) is 3. The number of pyridine rings is 1. The molecule has 0 aromatic carbocycles. The van der Waals surface area contributed by atoms with Gasteiger partial charge in [0.15, 0.2) is 11.3 Å². The molecule has 0 saturated carbocycles. The molecular weight excluding hydrogens is 412 g/mol. The van der Waals surface area contributed by atoms with Gasteiger partial charge in [0.05, 0.1) is 19.8 Å². The first-order chi connectivity index (χ1) is 15.2. The number of amides is 1. The Morgan fingerprint density at radius 2 is 1.88 bits per heavy atom. The van der Waals surface area contributed by atoms with Crippen molar-refractivity contribution in [2.45, 2.75) is 64.7 Å². The molecule has 0 N–H and O–H groups in total. The summed E-state index contributed by atoms with van der Waals surface area (Å²) < 4.78 is 18.1. The van der Waals surface area contributed by atoms with Crippen LogP contribution in [0.2, 0.25) is 0 Å². The Hall–Kier alpha value is -2.68. The summed E-state index contributed by atoms with van der Waals surface area (Å²) in [4.78, 5) is 35.5. The highest BCUT2D eigenvalue weighted by Gasteiger charge is 2.29. The lowest BCUT2D eigenvalue weighted by atomic mass is 9.93. The summed E-state index contributed by atoms with van der Waals surface area (Å²) in [6.07, 6.45) is 3.48. The van der Waals surface area contributed by atoms with Crippen LogP contribution in [-0.2, 0) is 27.2 Å². The molecule has 9 heteroatoms. The Morgan fingerprint density at radius 3 is 2.47 bits per heavy atom. The molecule has 4 rings (SSSR count). The van der Waals surface area contributed by atoms with Gasteiger partial charge in [0.1, 0.15) is 16.9 Å². The van der Waals surface area contributed by atoms with E-state index in [-0.39, 0.29) is 17.9 Å². The molecule has 2 aromatic heterocycles. The molecule has 1 amide bonds. The van der Waals surface area contributed by atoms with Crippen LogP contribution in [0.15, 0.2) is 12.1 Å². The number of imidazole rings is 1. The van der Waals surface area contributed by atoms with Gasteiger partial charge in [-0.25, -0.2) is 19.6 Å². The fraction of sp³-hybridized carbons (Fsp3) is 0.652. The number of piperidine rings is 1. The predicted octanol–water partition coefficient (Wildman–Crippen LogP) is 3.20. The number of hydrogen-bond donors (Lipinski definition) is 0. The summed E-state index contributed by atoms with van der Waals surface area (Å²) in [6.45, 7) is 8.44. The predicted molar refractivity (Wildman–Crippen MR) is 117 cm³/mol. The van der Waals surface area contributed by atoms with Crippen LogP contribution in [0.5, 0.6) is 0 Å². The number of hydrogen-bond acceptors (Lipinski definition) is 7. The Balaban J connectivity index is 1.49. The van der Waals surface area contributed by atoms with Crippen LogP contribution in [0, 0.1) is 5.92 Å². The number of aromatic nitrogens is 3. The minimum atomic E-state index is -0.488. The van der Waals surface area contributed by atoms with E-state index < -0.39 is 11.6 Å². The highest BCUT2D eigenvalue weighted by atomic mass is 16.6. The Labute approximate surface area is 188 Å². The van der Waals surface area contributed by atoms with E-state index in [4.69, 9.17) is 19.2 Å². The molecule has 2 saturated heterocycles. The molecule has 32 heavy (non-hydrogen) atoms. The average molecular weight is 445 g/mol. The van der Waals surface area contributed by atoms with E-state index in [0.29, 0.717) is 31.2 Å². The summed E-state index contributed by atoms with van der Waals surface area (Å²) >= 11 is 0. The van der Waals surface area contributed by atoms with Crippen molar-refractivity contribution in [1.82, 2.24) is 19.4 Å². The molecule has 2 aliphatic rings. The average Bonchev–Trinajstić information content (AvgIpc) is 3.05. The lowest BCUT2D eigenvalue weighted by molar-refractivity contribution is -0.0591. The summed E-state index contributed by atoms with van der Waals surface area (Å²) in [5, 5.41) is 0. The third-order valence-corrected chi connectivity index (χ3v) is 5.98. The van der Waals surface area contributed by atoms with Gasteiger partial charge in [0, 0.05) is 26.1 Å². The zero-order chi connectivity index (χ0) is 22.9. The van der Waals surface area contributed by atoms with E-state index >= 15 is 0 Å². The van der Waals surface area contributed by atoms with E-state index in [1.165, 1.54) is 7.11 Å². The number of carbonyl (C=O) groups is 2. The van der Waals surface area contributed by atoms with Gasteiger partial charge in [0.2, 0.25) is 0 Å². The smallest absolute Gasteiger partial charge is 0.410 e. The first-order valence-electron chi connectivity index (χ1n) is 11.3. The summed E-state index contributed by atoms with van der Waals surface area (Å²) in [5.74, 6) is 0.892. The zero-order valence-corrected chi connectivity index (χ0v) is 19.3. The third kappa shape index (κ3) is 5.03. The fourth-order valence-electron chi connectivity index (χ4n) is 4.15. The molecule has 0 bridgehead atoms. The van der Waals surface area contributed by atoms with Gasteiger partial charge in [-0.05, 0) is 58.1 Å². The molecule has 2 aromatic rings. The van der Waals surface area contributed by atoms with Gasteiger partial charge in [0.25, 0.3) is 0 Å². The zero-order valence-electron chi connectivity index (χ0n) is 19.3. The molecule has 1 atom stereocenters. The van der Waals surface area contributed by atoms with E-state index in [9.17, 15) is 9.59 Å². The number of methoxy groups -OCH3 is 1. The van der Waals surface area contributed by atoms with Gasteiger partial charge in [-0.3, -0.25) is 0 Å². The third-order valence-electron chi connectivity index (χ3n) is 5.98. The Kier molecular flexibility index (Phi) is 6.37. The number of fused-ring (bicyclic) bond motifs is 1. The van der Waals surface area contributed by atoms with Crippen LogP contribution in [0.4, 0.5) is 4.79 Å². The second kappa shape index (κ2) is 9.05. The molecule has 1 unspecified atom stereocenters. The molecule has 0 aliphatic carbocycles. The standard InChI is InChI=1S/C23H32N4O5/c1-23(2,3)32-22(29)26-10-7-15(8-11-26)13-19-24-17-5-6-18(21(28)30-4)25-20(17)27(19)14-16-9-12-31-16/h5-6,15-16H,7-14H2,1-4H3. The van der Waals surface area contributed by atoms with Gasteiger partial charge in [-0.15, -0.1) is 0 Å². The minimum Gasteiger partial charge on any atom is -0.464 e. The number of carbonyl (C=O) groups excluding carboxylic acids is 2. The van der Waals surface area contributed by atoms with Gasteiger partial charge in [-0.2, -0.15) is 0 Å². The first-order valence-corrected chi connectivity index (χ1v) is 11.3. The molecule has 9 nitrogen and oxygen atoms in total. The van der Waals surface area contributed by atoms with Crippen LogP contribution < -0.4 is 0 Å². The molecular formula is C23H32N4O5. The second-order valence-electron chi connectivity index (χ2n) is 9.57. The topological polar surface area (TPSA) is 95.8 Å². The molecule has 0 radical (unpaired) electrons. The monoisotopic (exact) mass is 444 g/mol. The summed E-state index contributed by atoms with van der Waals surface area (Å²) in [5.41, 5.74) is 1.23. The van der Waals surface area contributed by atoms with Gasteiger partial charge >= 0.3 is 12.1 Å². The van der Waals surface area contributed by atoms with Crippen molar-refractivity contribution in [3.63, 3.8) is 0 Å². The van der Waals surface area contributed by atoms with E-state index in [2.05, 4.69) is 9.55 Å². The van der Waals surface area contributed by atoms with Crippen molar-refractivity contribution in [2.75, 3.05) is 26.8 Å². The molecule has 0 spiro atoms. The van der Waals surface area contributed by atoms with E-state index in [1.807, 2.05) is 26.8 Å². The number of nitrogens with zero attached hydrogens (tertiary/aromatic N) is 4. The van der Waals surface area contributed by atoms with Crippen molar-refractivity contribution in [3.05, 3.63) is 23.7 Å². The summed E-state index contributed by atoms with van der Waals surface area (Å²) in [7, 11) is 1.35. The van der Waals surface area contributed by atoms with Crippen LogP contribution in [-0.4, -0.2) is 70.0 Å². The maximum absolute atomic E-state index is 12.4. The summed E-state index contributed by atoms with van der Waals surface area (Å²) in [6, 6.07) is 3.47. The number of rotatable bonds is 5. The largest absolute Gasteiger partial charge is 0.464 e. The van der Waals surface area contributed by atoms with Crippen LogP contribution in [0.1, 0.15) is 56.3 Å². The SMILES string of the molecule is COC(=O)c1ccc2nc(CC3CCN(C(=O)OC(C)(C)C)CC3)n(CC3CCO3)c2n1. The van der Waals surface area contributed by atoms with Gasteiger partial charge < -0.3 is 23.7 Å². The highest BCUT2D eigenvalue weighted by molar-refractivity contribution is 5.89. The van der Waals surface area contributed by atoms with Crippen molar-refractivity contribution in [2.24, 2.45) is 5.92 Å². The van der Waals surface area contributed by atoms with Crippen molar-refractivity contribution in [3.8, 4) is 0 Å². The normalized spacial score (nSPS) is 19.6. The van der Waals surface area contributed by atoms with Gasteiger partial charge in [-0.1, -0.05) is 0 Å². The lowest BCUT2D eigenvalue weighted by Crippen LogP contribution is -2.42. The molecule has 174 valence electrons. The van der Waals surface area contributed by atoms with Crippen molar-refractivity contribution >= 4 is 23.2 Å². The Morgan fingerprint density at radius 1 is 1.16 bits per heavy atom. The maximum atomic E-state index is 12.4. The first kappa shape index (κ1) is 22.5. The maximum Gasteiger partial charge on any atom is 0.410 e. The number of esters is 1. The van der Waals surface area contributed by atoms with E-state index in [1.54, 1.807) is 11.0 Å². The number of likely N-dealkylation sites (tertiary alicyclic amines) is 1. The fourth-order valence-corrected chi connectivity index (χ4v) is 4.15. The molecule has 4 heterocycles. The van der Waals surface area contributed by atoms with Crippen molar-refractivity contribution in [1.29, 1.82) is 0 Å². The minimum absolute atomic E-state index is 0.142. The quantitative estimate of drug-likeness (QED) is 0.654. The van der Waals surface area contributed by atoms with Crippen molar-refractivity contribution < 1.29 is 23.8 Å². The van der Waals surface area contributed by atoms with Crippen LogP contribution in [0.3, 0.4) is 0 Å². The highest BCUT2D eigenvalue weighted by Crippen LogP contribution is 2.26. The molecule has 2 fully saturated rings. The van der Waals surface area contributed by atoms with E-state index in [0.717, 1.165) is 43.6 Å². The van der Waals surface area contributed by atoms with Crippen LogP contribution in [0.25, 0.3) is 11.2 Å². The molecule has 2 aliphatic heterocycles. The lowest BCUT2D eigenvalue weighted by Gasteiger charge is -2.33. The van der Waals surface area contributed by atoms with Crippen LogP contribution >= 0.6 is 0 Å².